The molecule has 1 aromatic heterocycles. The van der Waals surface area contributed by atoms with Crippen LogP contribution in [0.3, 0.4) is 0 Å². The second-order valence-electron chi connectivity index (χ2n) is 4.11. The van der Waals surface area contributed by atoms with Gasteiger partial charge in [-0.2, -0.15) is 0 Å². The Morgan fingerprint density at radius 3 is 2.50 bits per heavy atom. The van der Waals surface area contributed by atoms with Crippen molar-refractivity contribution in [3.8, 4) is 0 Å². The first-order valence-corrected chi connectivity index (χ1v) is 5.41. The molecule has 1 aromatic rings. The Bertz CT molecular complexity index is 364. The third-order valence-corrected chi connectivity index (χ3v) is 2.89. The van der Waals surface area contributed by atoms with Crippen LogP contribution in [0.5, 0.6) is 0 Å². The molecule has 2 heterocycles. The summed E-state index contributed by atoms with van der Waals surface area (Å²) in [4.78, 5) is 8.78. The largest absolute Gasteiger partial charge is 0.382 e. The molecule has 0 saturated carbocycles. The van der Waals surface area contributed by atoms with Gasteiger partial charge in [-0.05, 0) is 19.2 Å². The van der Waals surface area contributed by atoms with Gasteiger partial charge in [0.05, 0.1) is 11.9 Å². The zero-order valence-corrected chi connectivity index (χ0v) is 9.48. The number of pyridine rings is 1. The molecule has 0 atom stereocenters. The van der Waals surface area contributed by atoms with E-state index < -0.39 is 0 Å². The number of piperazine rings is 1. The van der Waals surface area contributed by atoms with Gasteiger partial charge < -0.3 is 15.5 Å². The van der Waals surface area contributed by atoms with E-state index in [2.05, 4.69) is 21.8 Å². The van der Waals surface area contributed by atoms with Gasteiger partial charge in [-0.3, -0.25) is 10.4 Å². The van der Waals surface area contributed by atoms with E-state index in [0.717, 1.165) is 31.9 Å². The predicted molar refractivity (Wildman–Crippen MR) is 65.0 cm³/mol. The van der Waals surface area contributed by atoms with Crippen molar-refractivity contribution in [2.45, 2.75) is 0 Å². The van der Waals surface area contributed by atoms with Crippen molar-refractivity contribution in [2.24, 2.45) is 5.73 Å². The van der Waals surface area contributed by atoms with Gasteiger partial charge in [-0.15, -0.1) is 0 Å². The number of hydrogen-bond acceptors (Lipinski definition) is 4. The van der Waals surface area contributed by atoms with E-state index in [0.29, 0.717) is 5.69 Å². The van der Waals surface area contributed by atoms with Gasteiger partial charge in [0.2, 0.25) is 0 Å². The number of amidine groups is 1. The molecule has 0 spiro atoms. The second-order valence-corrected chi connectivity index (χ2v) is 4.11. The van der Waals surface area contributed by atoms with Crippen LogP contribution in [-0.2, 0) is 0 Å². The lowest BCUT2D eigenvalue weighted by Crippen LogP contribution is -2.44. The van der Waals surface area contributed by atoms with E-state index in [-0.39, 0.29) is 5.84 Å². The van der Waals surface area contributed by atoms with Crippen LogP contribution in [0.4, 0.5) is 5.69 Å². The van der Waals surface area contributed by atoms with Crippen molar-refractivity contribution in [1.82, 2.24) is 9.88 Å². The number of aromatic nitrogens is 1. The van der Waals surface area contributed by atoms with E-state index in [1.54, 1.807) is 12.3 Å². The van der Waals surface area contributed by atoms with E-state index in [1.807, 2.05) is 6.07 Å². The number of anilines is 1. The lowest BCUT2D eigenvalue weighted by Gasteiger charge is -2.33. The van der Waals surface area contributed by atoms with Crippen molar-refractivity contribution in [3.63, 3.8) is 0 Å². The predicted octanol–water partition coefficient (Wildman–Crippen LogP) is 0.117. The number of nitrogen functional groups attached to an aromatic ring is 1. The monoisotopic (exact) mass is 219 g/mol. The Kier molecular flexibility index (Phi) is 3.05. The third-order valence-electron chi connectivity index (χ3n) is 2.89. The maximum Gasteiger partial charge on any atom is 0.141 e. The van der Waals surface area contributed by atoms with Crippen LogP contribution in [0.2, 0.25) is 0 Å². The van der Waals surface area contributed by atoms with Crippen LogP contribution in [0.1, 0.15) is 5.69 Å². The summed E-state index contributed by atoms with van der Waals surface area (Å²) in [5.74, 6) is 0.0185. The molecule has 0 amide bonds. The second kappa shape index (κ2) is 4.49. The first kappa shape index (κ1) is 10.9. The van der Waals surface area contributed by atoms with Gasteiger partial charge >= 0.3 is 0 Å². The molecule has 0 unspecified atom stereocenters. The summed E-state index contributed by atoms with van der Waals surface area (Å²) < 4.78 is 0. The fourth-order valence-electron chi connectivity index (χ4n) is 1.80. The Morgan fingerprint density at radius 2 is 2.00 bits per heavy atom. The molecular weight excluding hydrogens is 202 g/mol. The SMILES string of the molecule is CN1CCN(c2ccc(C(=N)N)nc2)CC1. The van der Waals surface area contributed by atoms with E-state index in [4.69, 9.17) is 11.1 Å². The molecule has 5 heteroatoms. The topological polar surface area (TPSA) is 69.2 Å². The first-order chi connectivity index (χ1) is 7.66. The molecule has 3 N–H and O–H groups in total. The molecule has 0 radical (unpaired) electrons. The van der Waals surface area contributed by atoms with Gasteiger partial charge in [0.15, 0.2) is 0 Å². The molecule has 0 bridgehead atoms. The van der Waals surface area contributed by atoms with Crippen molar-refractivity contribution >= 4 is 11.5 Å². The average Bonchev–Trinajstić information content (AvgIpc) is 2.30. The minimum Gasteiger partial charge on any atom is -0.382 e. The molecule has 5 nitrogen and oxygen atoms in total. The minimum atomic E-state index is 0.0185. The van der Waals surface area contributed by atoms with Gasteiger partial charge in [-0.25, -0.2) is 0 Å². The maximum atomic E-state index is 7.27. The summed E-state index contributed by atoms with van der Waals surface area (Å²) in [7, 11) is 2.13. The lowest BCUT2D eigenvalue weighted by atomic mass is 10.2. The van der Waals surface area contributed by atoms with E-state index >= 15 is 0 Å². The molecule has 0 aliphatic carbocycles. The Balaban J connectivity index is 2.07. The molecule has 1 aliphatic heterocycles. The van der Waals surface area contributed by atoms with Crippen LogP contribution >= 0.6 is 0 Å². The molecule has 0 aromatic carbocycles. The highest BCUT2D eigenvalue weighted by Gasteiger charge is 2.14. The molecule has 1 saturated heterocycles. The van der Waals surface area contributed by atoms with Gasteiger partial charge in [-0.1, -0.05) is 0 Å². The zero-order valence-electron chi connectivity index (χ0n) is 9.48. The highest BCUT2D eigenvalue weighted by molar-refractivity contribution is 5.93. The fraction of sp³-hybridized carbons (Fsp3) is 0.455. The van der Waals surface area contributed by atoms with Gasteiger partial charge in [0, 0.05) is 26.2 Å². The molecular formula is C11H17N5. The van der Waals surface area contributed by atoms with Crippen LogP contribution in [-0.4, -0.2) is 48.9 Å². The maximum absolute atomic E-state index is 7.27. The van der Waals surface area contributed by atoms with E-state index in [9.17, 15) is 0 Å². The van der Waals surface area contributed by atoms with Crippen molar-refractivity contribution in [1.29, 1.82) is 5.41 Å². The molecule has 16 heavy (non-hydrogen) atoms. The number of nitrogens with two attached hydrogens (primary N) is 1. The highest BCUT2D eigenvalue weighted by Crippen LogP contribution is 2.14. The summed E-state index contributed by atoms with van der Waals surface area (Å²) in [6.45, 7) is 4.21. The number of nitrogens with zero attached hydrogens (tertiary/aromatic N) is 3. The minimum absolute atomic E-state index is 0.0185. The summed E-state index contributed by atoms with van der Waals surface area (Å²) >= 11 is 0. The summed E-state index contributed by atoms with van der Waals surface area (Å²) in [6, 6.07) is 3.78. The Labute approximate surface area is 95.4 Å². The lowest BCUT2D eigenvalue weighted by molar-refractivity contribution is 0.313. The first-order valence-electron chi connectivity index (χ1n) is 5.41. The summed E-state index contributed by atoms with van der Waals surface area (Å²) in [5, 5.41) is 7.27. The Morgan fingerprint density at radius 1 is 1.31 bits per heavy atom. The van der Waals surface area contributed by atoms with Crippen molar-refractivity contribution in [3.05, 3.63) is 24.0 Å². The molecule has 1 fully saturated rings. The quantitative estimate of drug-likeness (QED) is 0.547. The highest BCUT2D eigenvalue weighted by atomic mass is 15.2. The molecule has 86 valence electrons. The smallest absolute Gasteiger partial charge is 0.141 e. The molecule has 1 aliphatic rings. The average molecular weight is 219 g/mol. The van der Waals surface area contributed by atoms with E-state index in [1.165, 1.54) is 0 Å². The molecule has 2 rings (SSSR count). The van der Waals surface area contributed by atoms with Crippen LogP contribution in [0, 0.1) is 5.41 Å². The van der Waals surface area contributed by atoms with Crippen molar-refractivity contribution in [2.75, 3.05) is 38.1 Å². The summed E-state index contributed by atoms with van der Waals surface area (Å²) in [6.07, 6.45) is 1.79. The Hall–Kier alpha value is -1.62. The van der Waals surface area contributed by atoms with Gasteiger partial charge in [0.1, 0.15) is 11.5 Å². The van der Waals surface area contributed by atoms with Crippen LogP contribution in [0.15, 0.2) is 18.3 Å². The van der Waals surface area contributed by atoms with Crippen molar-refractivity contribution < 1.29 is 0 Å². The normalized spacial score (nSPS) is 17.4. The number of rotatable bonds is 2. The van der Waals surface area contributed by atoms with Crippen LogP contribution in [0.25, 0.3) is 0 Å². The number of nitrogens with one attached hydrogen (secondary N) is 1. The van der Waals surface area contributed by atoms with Gasteiger partial charge in [0.25, 0.3) is 0 Å². The standard InChI is InChI=1S/C11H17N5/c1-15-4-6-16(7-5-15)9-2-3-10(11(12)13)14-8-9/h2-3,8H,4-7H2,1H3,(H3,12,13). The zero-order chi connectivity index (χ0) is 11.5. The number of hydrogen-bond donors (Lipinski definition) is 2. The fourth-order valence-corrected chi connectivity index (χ4v) is 1.80. The summed E-state index contributed by atoms with van der Waals surface area (Å²) in [5.41, 5.74) is 7.01. The van der Waals surface area contributed by atoms with Crippen LogP contribution < -0.4 is 10.6 Å². The number of likely N-dealkylation sites (N-methyl/N-ethyl adjacent to an activating group) is 1. The third kappa shape index (κ3) is 2.30.